The first-order valence-corrected chi connectivity index (χ1v) is 5.72. The van der Waals surface area contributed by atoms with Gasteiger partial charge in [0.25, 0.3) is 0 Å². The number of benzene rings is 1. The van der Waals surface area contributed by atoms with Gasteiger partial charge in [-0.2, -0.15) is 0 Å². The molecule has 0 spiro atoms. The fourth-order valence-electron chi connectivity index (χ4n) is 1.68. The van der Waals surface area contributed by atoms with Crippen molar-refractivity contribution in [2.75, 3.05) is 20.7 Å². The van der Waals surface area contributed by atoms with E-state index in [1.807, 2.05) is 12.1 Å². The molecule has 1 aromatic rings. The van der Waals surface area contributed by atoms with E-state index in [9.17, 15) is 0 Å². The van der Waals surface area contributed by atoms with E-state index in [0.717, 1.165) is 25.3 Å². The molecule has 0 amide bonds. The molecule has 1 aromatic carbocycles. The molecule has 1 unspecified atom stereocenters. The van der Waals surface area contributed by atoms with Crippen LogP contribution < -0.4 is 10.5 Å². The summed E-state index contributed by atoms with van der Waals surface area (Å²) in [5.41, 5.74) is 7.17. The second-order valence-electron chi connectivity index (χ2n) is 4.22. The van der Waals surface area contributed by atoms with Gasteiger partial charge in [-0.25, -0.2) is 0 Å². The molecule has 0 saturated heterocycles. The zero-order valence-corrected chi connectivity index (χ0v) is 10.4. The number of rotatable bonds is 6. The predicted octanol–water partition coefficient (Wildman–Crippen LogP) is 1.86. The van der Waals surface area contributed by atoms with Crippen molar-refractivity contribution in [1.82, 2.24) is 4.90 Å². The lowest BCUT2D eigenvalue weighted by Crippen LogP contribution is -2.34. The van der Waals surface area contributed by atoms with E-state index in [1.165, 1.54) is 5.56 Å². The third-order valence-corrected chi connectivity index (χ3v) is 2.66. The van der Waals surface area contributed by atoms with Crippen LogP contribution in [0.1, 0.15) is 18.9 Å². The maximum Gasteiger partial charge on any atom is 0.119 e. The third-order valence-electron chi connectivity index (χ3n) is 2.66. The van der Waals surface area contributed by atoms with Crippen molar-refractivity contribution in [1.29, 1.82) is 0 Å². The number of hydrogen-bond acceptors (Lipinski definition) is 3. The van der Waals surface area contributed by atoms with E-state index in [-0.39, 0.29) is 6.04 Å². The summed E-state index contributed by atoms with van der Waals surface area (Å²) < 4.78 is 5.20. The summed E-state index contributed by atoms with van der Waals surface area (Å²) in [4.78, 5) is 2.24. The van der Waals surface area contributed by atoms with Crippen LogP contribution >= 0.6 is 0 Å². The first-order valence-electron chi connectivity index (χ1n) is 5.72. The van der Waals surface area contributed by atoms with Crippen LogP contribution in [0, 0.1) is 0 Å². The van der Waals surface area contributed by atoms with Gasteiger partial charge in [0.15, 0.2) is 0 Å². The number of nitrogens with zero attached hydrogens (tertiary/aromatic N) is 1. The van der Waals surface area contributed by atoms with Gasteiger partial charge in [-0.1, -0.05) is 19.1 Å². The summed E-state index contributed by atoms with van der Waals surface area (Å²) >= 11 is 0. The molecule has 2 N–H and O–H groups in total. The molecule has 0 aliphatic heterocycles. The Hall–Kier alpha value is -1.06. The lowest BCUT2D eigenvalue weighted by molar-refractivity contribution is 0.300. The van der Waals surface area contributed by atoms with Gasteiger partial charge in [0.05, 0.1) is 7.11 Å². The van der Waals surface area contributed by atoms with Gasteiger partial charge in [0.2, 0.25) is 0 Å². The Bertz CT molecular complexity index is 315. The van der Waals surface area contributed by atoms with Gasteiger partial charge >= 0.3 is 0 Å². The number of ether oxygens (including phenoxy) is 1. The van der Waals surface area contributed by atoms with Crippen LogP contribution in [0.2, 0.25) is 0 Å². The van der Waals surface area contributed by atoms with Crippen LogP contribution in [0.5, 0.6) is 5.75 Å². The number of nitrogens with two attached hydrogens (primary N) is 1. The summed E-state index contributed by atoms with van der Waals surface area (Å²) in [5.74, 6) is 0.908. The standard InChI is InChI=1S/C13H22N2O/c1-4-12(14)10-15(2)9-11-6-5-7-13(8-11)16-3/h5-8,12H,4,9-10,14H2,1-3H3. The van der Waals surface area contributed by atoms with Crippen LogP contribution in [0.4, 0.5) is 0 Å². The van der Waals surface area contributed by atoms with Crippen LogP contribution in [0.25, 0.3) is 0 Å². The Labute approximate surface area is 98.2 Å². The Morgan fingerprint density at radius 3 is 2.81 bits per heavy atom. The molecular formula is C13H22N2O. The summed E-state index contributed by atoms with van der Waals surface area (Å²) in [7, 11) is 3.78. The highest BCUT2D eigenvalue weighted by atomic mass is 16.5. The normalized spacial score (nSPS) is 12.8. The number of likely N-dealkylation sites (N-methyl/N-ethyl adjacent to an activating group) is 1. The molecule has 0 aromatic heterocycles. The molecule has 0 saturated carbocycles. The van der Waals surface area contributed by atoms with Crippen molar-refractivity contribution in [2.45, 2.75) is 25.9 Å². The molecule has 16 heavy (non-hydrogen) atoms. The molecule has 90 valence electrons. The molecule has 0 radical (unpaired) electrons. The van der Waals surface area contributed by atoms with Gasteiger partial charge in [0, 0.05) is 19.1 Å². The third kappa shape index (κ3) is 4.21. The minimum atomic E-state index is 0.260. The van der Waals surface area contributed by atoms with Crippen molar-refractivity contribution in [2.24, 2.45) is 5.73 Å². The van der Waals surface area contributed by atoms with Gasteiger partial charge < -0.3 is 15.4 Å². The fraction of sp³-hybridized carbons (Fsp3) is 0.538. The fourth-order valence-corrected chi connectivity index (χ4v) is 1.68. The maximum absolute atomic E-state index is 5.92. The van der Waals surface area contributed by atoms with E-state index >= 15 is 0 Å². The molecule has 3 heteroatoms. The second-order valence-corrected chi connectivity index (χ2v) is 4.22. The Kier molecular flexibility index (Phi) is 5.29. The van der Waals surface area contributed by atoms with Crippen molar-refractivity contribution < 1.29 is 4.74 Å². The second kappa shape index (κ2) is 6.51. The SMILES string of the molecule is CCC(N)CN(C)Cc1cccc(OC)c1. The first-order chi connectivity index (χ1) is 7.65. The topological polar surface area (TPSA) is 38.5 Å². The van der Waals surface area contributed by atoms with E-state index in [2.05, 4.69) is 31.0 Å². The van der Waals surface area contributed by atoms with Crippen molar-refractivity contribution >= 4 is 0 Å². The van der Waals surface area contributed by atoms with Crippen LogP contribution in [0.15, 0.2) is 24.3 Å². The summed E-state index contributed by atoms with van der Waals surface area (Å²) in [6.45, 7) is 3.95. The molecule has 1 atom stereocenters. The maximum atomic E-state index is 5.92. The van der Waals surface area contributed by atoms with Gasteiger partial charge in [-0.05, 0) is 31.2 Å². The number of hydrogen-bond donors (Lipinski definition) is 1. The van der Waals surface area contributed by atoms with Crippen molar-refractivity contribution in [3.8, 4) is 5.75 Å². The van der Waals surface area contributed by atoms with E-state index in [0.29, 0.717) is 0 Å². The molecule has 0 fully saturated rings. The lowest BCUT2D eigenvalue weighted by atomic mass is 10.2. The molecule has 1 rings (SSSR count). The lowest BCUT2D eigenvalue weighted by Gasteiger charge is -2.20. The largest absolute Gasteiger partial charge is 0.497 e. The summed E-state index contributed by atoms with van der Waals surface area (Å²) in [6, 6.07) is 8.41. The molecule has 0 heterocycles. The van der Waals surface area contributed by atoms with Crippen LogP contribution in [0.3, 0.4) is 0 Å². The van der Waals surface area contributed by atoms with Gasteiger partial charge in [-0.15, -0.1) is 0 Å². The smallest absolute Gasteiger partial charge is 0.119 e. The van der Waals surface area contributed by atoms with Crippen molar-refractivity contribution in [3.63, 3.8) is 0 Å². The molecule has 0 aliphatic carbocycles. The average molecular weight is 222 g/mol. The monoisotopic (exact) mass is 222 g/mol. The van der Waals surface area contributed by atoms with E-state index in [4.69, 9.17) is 10.5 Å². The van der Waals surface area contributed by atoms with Gasteiger partial charge in [-0.3, -0.25) is 0 Å². The van der Waals surface area contributed by atoms with Gasteiger partial charge in [0.1, 0.15) is 5.75 Å². The Morgan fingerprint density at radius 1 is 1.44 bits per heavy atom. The first kappa shape index (κ1) is 13.0. The minimum absolute atomic E-state index is 0.260. The minimum Gasteiger partial charge on any atom is -0.497 e. The zero-order valence-electron chi connectivity index (χ0n) is 10.4. The summed E-state index contributed by atoms with van der Waals surface area (Å²) in [5, 5.41) is 0. The van der Waals surface area contributed by atoms with Crippen LogP contribution in [-0.2, 0) is 6.54 Å². The van der Waals surface area contributed by atoms with Crippen LogP contribution in [-0.4, -0.2) is 31.6 Å². The Balaban J connectivity index is 2.51. The Morgan fingerprint density at radius 2 is 2.19 bits per heavy atom. The molecule has 0 bridgehead atoms. The molecule has 0 aliphatic rings. The van der Waals surface area contributed by atoms with E-state index < -0.39 is 0 Å². The molecular weight excluding hydrogens is 200 g/mol. The highest BCUT2D eigenvalue weighted by Gasteiger charge is 2.05. The van der Waals surface area contributed by atoms with Crippen molar-refractivity contribution in [3.05, 3.63) is 29.8 Å². The highest BCUT2D eigenvalue weighted by Crippen LogP contribution is 2.13. The number of methoxy groups -OCH3 is 1. The van der Waals surface area contributed by atoms with E-state index in [1.54, 1.807) is 7.11 Å². The average Bonchev–Trinajstić information content (AvgIpc) is 2.28. The summed E-state index contributed by atoms with van der Waals surface area (Å²) in [6.07, 6.45) is 1.02. The highest BCUT2D eigenvalue weighted by molar-refractivity contribution is 5.28. The zero-order chi connectivity index (χ0) is 12.0. The molecule has 3 nitrogen and oxygen atoms in total. The quantitative estimate of drug-likeness (QED) is 0.798. The predicted molar refractivity (Wildman–Crippen MR) is 67.6 cm³/mol.